The zero-order valence-electron chi connectivity index (χ0n) is 17.9. The highest BCUT2D eigenvalue weighted by atomic mass is 32.2. The van der Waals surface area contributed by atoms with Crippen LogP contribution in [0.3, 0.4) is 0 Å². The van der Waals surface area contributed by atoms with Gasteiger partial charge < -0.3 is 4.90 Å². The molecule has 2 aliphatic heterocycles. The lowest BCUT2D eigenvalue weighted by Gasteiger charge is -2.33. The maximum absolute atomic E-state index is 13.0. The SMILES string of the molecule is Cc1ccc(S(=O)(=O)N2CC[NH+]([C@H]3CC(=O)N(Cc4ccccc4)C3=O)CC2)cc1C. The van der Waals surface area contributed by atoms with Gasteiger partial charge in [0.25, 0.3) is 5.91 Å². The van der Waals surface area contributed by atoms with E-state index in [1.807, 2.05) is 50.2 Å². The van der Waals surface area contributed by atoms with E-state index in [1.54, 1.807) is 12.1 Å². The molecular formula is C23H28N3O4S+. The predicted octanol–water partition coefficient (Wildman–Crippen LogP) is 0.520. The fourth-order valence-electron chi connectivity index (χ4n) is 4.32. The number of sulfonamides is 1. The Bertz CT molecular complexity index is 1090. The van der Waals surface area contributed by atoms with Crippen molar-refractivity contribution < 1.29 is 22.9 Å². The summed E-state index contributed by atoms with van der Waals surface area (Å²) in [6.45, 7) is 5.83. The lowest BCUT2D eigenvalue weighted by molar-refractivity contribution is -0.918. The van der Waals surface area contributed by atoms with Gasteiger partial charge >= 0.3 is 0 Å². The maximum Gasteiger partial charge on any atom is 0.288 e. The molecule has 4 rings (SSSR count). The van der Waals surface area contributed by atoms with Gasteiger partial charge in [0.2, 0.25) is 15.9 Å². The molecule has 8 heteroatoms. The molecule has 0 aliphatic carbocycles. The molecule has 0 unspecified atom stereocenters. The van der Waals surface area contributed by atoms with Gasteiger partial charge in [-0.2, -0.15) is 4.31 Å². The van der Waals surface area contributed by atoms with Crippen molar-refractivity contribution in [2.45, 2.75) is 37.8 Å². The zero-order chi connectivity index (χ0) is 22.2. The first-order chi connectivity index (χ1) is 14.8. The maximum atomic E-state index is 13.0. The zero-order valence-corrected chi connectivity index (χ0v) is 18.7. The molecule has 2 aromatic rings. The number of quaternary nitrogens is 1. The summed E-state index contributed by atoms with van der Waals surface area (Å²) in [4.78, 5) is 28.1. The minimum atomic E-state index is -3.57. The first-order valence-corrected chi connectivity index (χ1v) is 12.0. The molecule has 0 bridgehead atoms. The number of hydrogen-bond donors (Lipinski definition) is 1. The van der Waals surface area contributed by atoms with Crippen molar-refractivity contribution in [3.63, 3.8) is 0 Å². The highest BCUT2D eigenvalue weighted by molar-refractivity contribution is 7.89. The molecule has 2 saturated heterocycles. The average molecular weight is 443 g/mol. The molecule has 1 atom stereocenters. The number of likely N-dealkylation sites (tertiary alicyclic amines) is 1. The van der Waals surface area contributed by atoms with Crippen LogP contribution in [-0.4, -0.2) is 61.7 Å². The summed E-state index contributed by atoms with van der Waals surface area (Å²) in [5.41, 5.74) is 2.92. The normalized spacial score (nSPS) is 21.1. The second kappa shape index (κ2) is 8.53. The van der Waals surface area contributed by atoms with Crippen LogP contribution in [0.25, 0.3) is 0 Å². The van der Waals surface area contributed by atoms with Crippen molar-refractivity contribution in [1.82, 2.24) is 9.21 Å². The Morgan fingerprint density at radius 2 is 1.65 bits per heavy atom. The molecule has 7 nitrogen and oxygen atoms in total. The van der Waals surface area contributed by atoms with E-state index in [2.05, 4.69) is 0 Å². The van der Waals surface area contributed by atoms with Crippen molar-refractivity contribution in [3.8, 4) is 0 Å². The second-order valence-corrected chi connectivity index (χ2v) is 10.3. The number of nitrogens with one attached hydrogen (secondary N) is 1. The van der Waals surface area contributed by atoms with E-state index in [-0.39, 0.29) is 24.8 Å². The molecule has 0 aromatic heterocycles. The number of nitrogens with zero attached hydrogens (tertiary/aromatic N) is 2. The first-order valence-electron chi connectivity index (χ1n) is 10.6. The highest BCUT2D eigenvalue weighted by Crippen LogP contribution is 2.20. The van der Waals surface area contributed by atoms with Gasteiger partial charge in [-0.15, -0.1) is 0 Å². The predicted molar refractivity (Wildman–Crippen MR) is 116 cm³/mol. The Hall–Kier alpha value is -2.55. The number of amides is 2. The summed E-state index contributed by atoms with van der Waals surface area (Å²) < 4.78 is 27.6. The third-order valence-corrected chi connectivity index (χ3v) is 8.30. The Morgan fingerprint density at radius 3 is 2.29 bits per heavy atom. The van der Waals surface area contributed by atoms with Crippen LogP contribution in [0.2, 0.25) is 0 Å². The molecule has 2 aliphatic rings. The van der Waals surface area contributed by atoms with Crippen LogP contribution in [0.15, 0.2) is 53.4 Å². The lowest BCUT2D eigenvalue weighted by Crippen LogP contribution is -3.19. The van der Waals surface area contributed by atoms with Crippen LogP contribution in [0, 0.1) is 13.8 Å². The fourth-order valence-corrected chi connectivity index (χ4v) is 5.85. The molecule has 0 spiro atoms. The number of hydrogen-bond acceptors (Lipinski definition) is 4. The quantitative estimate of drug-likeness (QED) is 0.685. The standard InChI is InChI=1S/C23H27N3O4S/c1-17-8-9-20(14-18(17)2)31(29,30)25-12-10-24(11-13-25)21-15-22(27)26(23(21)28)16-19-6-4-3-5-7-19/h3-9,14,21H,10-13,15-16H2,1-2H3/p+1/t21-/m0/s1. The van der Waals surface area contributed by atoms with Crippen molar-refractivity contribution in [3.05, 3.63) is 65.2 Å². The molecule has 164 valence electrons. The number of rotatable bonds is 5. The van der Waals surface area contributed by atoms with Crippen molar-refractivity contribution in [2.24, 2.45) is 0 Å². The van der Waals surface area contributed by atoms with Crippen LogP contribution in [0.4, 0.5) is 0 Å². The lowest BCUT2D eigenvalue weighted by atomic mass is 10.1. The summed E-state index contributed by atoms with van der Waals surface area (Å²) in [7, 11) is -3.57. The van der Waals surface area contributed by atoms with Crippen LogP contribution in [0.1, 0.15) is 23.1 Å². The van der Waals surface area contributed by atoms with Gasteiger partial charge in [0.15, 0.2) is 6.04 Å². The van der Waals surface area contributed by atoms with E-state index >= 15 is 0 Å². The molecule has 2 aromatic carbocycles. The van der Waals surface area contributed by atoms with Crippen molar-refractivity contribution >= 4 is 21.8 Å². The summed E-state index contributed by atoms with van der Waals surface area (Å²) in [6.07, 6.45) is 0.185. The third-order valence-electron chi connectivity index (χ3n) is 6.40. The van der Waals surface area contributed by atoms with E-state index in [0.29, 0.717) is 31.1 Å². The Morgan fingerprint density at radius 1 is 0.968 bits per heavy atom. The molecule has 0 saturated carbocycles. The van der Waals surface area contributed by atoms with Gasteiger partial charge in [-0.05, 0) is 42.7 Å². The summed E-state index contributed by atoms with van der Waals surface area (Å²) >= 11 is 0. The molecule has 2 heterocycles. The summed E-state index contributed by atoms with van der Waals surface area (Å²) in [5, 5.41) is 0. The number of imide groups is 1. The number of carbonyl (C=O) groups excluding carboxylic acids is 2. The van der Waals surface area contributed by atoms with Gasteiger partial charge in [0.1, 0.15) is 0 Å². The number of aryl methyl sites for hydroxylation is 2. The van der Waals surface area contributed by atoms with Crippen molar-refractivity contribution in [1.29, 1.82) is 0 Å². The van der Waals surface area contributed by atoms with Crippen LogP contribution < -0.4 is 4.90 Å². The van der Waals surface area contributed by atoms with E-state index in [9.17, 15) is 18.0 Å². The number of carbonyl (C=O) groups is 2. The smallest absolute Gasteiger partial charge is 0.288 e. The minimum Gasteiger partial charge on any atom is -0.322 e. The molecule has 2 amide bonds. The fraction of sp³-hybridized carbons (Fsp3) is 0.391. The number of piperazine rings is 1. The first kappa shape index (κ1) is 21.7. The Labute approximate surface area is 183 Å². The van der Waals surface area contributed by atoms with Crippen molar-refractivity contribution in [2.75, 3.05) is 26.2 Å². The molecule has 31 heavy (non-hydrogen) atoms. The van der Waals surface area contributed by atoms with Crippen LogP contribution in [0.5, 0.6) is 0 Å². The molecule has 1 N–H and O–H groups in total. The van der Waals surface area contributed by atoms with Gasteiger partial charge in [0, 0.05) is 0 Å². The largest absolute Gasteiger partial charge is 0.322 e. The van der Waals surface area contributed by atoms with Crippen LogP contribution >= 0.6 is 0 Å². The van der Waals surface area contributed by atoms with Gasteiger partial charge in [-0.25, -0.2) is 8.42 Å². The average Bonchev–Trinajstić information content (AvgIpc) is 3.04. The third kappa shape index (κ3) is 4.28. The summed E-state index contributed by atoms with van der Waals surface area (Å²) in [5.74, 6) is -0.314. The Balaban J connectivity index is 1.41. The van der Waals surface area contributed by atoms with E-state index in [4.69, 9.17) is 0 Å². The molecule has 2 fully saturated rings. The Kier molecular flexibility index (Phi) is 5.96. The monoisotopic (exact) mass is 442 g/mol. The highest BCUT2D eigenvalue weighted by Gasteiger charge is 2.46. The van der Waals surface area contributed by atoms with E-state index in [1.165, 1.54) is 9.21 Å². The molecular weight excluding hydrogens is 414 g/mol. The van der Waals surface area contributed by atoms with E-state index < -0.39 is 16.1 Å². The van der Waals surface area contributed by atoms with E-state index in [0.717, 1.165) is 21.6 Å². The number of benzene rings is 2. The van der Waals surface area contributed by atoms with Gasteiger partial charge in [-0.3, -0.25) is 14.5 Å². The second-order valence-electron chi connectivity index (χ2n) is 8.37. The minimum absolute atomic E-state index is 0.156. The van der Waals surface area contributed by atoms with Gasteiger partial charge in [-0.1, -0.05) is 36.4 Å². The molecule has 0 radical (unpaired) electrons. The van der Waals surface area contributed by atoms with Gasteiger partial charge in [0.05, 0.1) is 44.0 Å². The van der Waals surface area contributed by atoms with Crippen LogP contribution in [-0.2, 0) is 26.2 Å². The summed E-state index contributed by atoms with van der Waals surface area (Å²) in [6, 6.07) is 14.2. The topological polar surface area (TPSA) is 79.2 Å².